The predicted octanol–water partition coefficient (Wildman–Crippen LogP) is 6.17. The zero-order valence-electron chi connectivity index (χ0n) is 24.3. The fourth-order valence-corrected chi connectivity index (χ4v) is 5.91. The van der Waals surface area contributed by atoms with Crippen LogP contribution in [0.1, 0.15) is 61.4 Å². The SMILES string of the molecule is CCCOc1ccc([C@@H]2[C@@H](OC(=O)O)[C@@H](c3ccc4c(c3)OCO4)CN2CC(=O)Nc2c(CC)cccc2CC)cc1. The van der Waals surface area contributed by atoms with Crippen LogP contribution in [-0.2, 0) is 22.4 Å². The maximum Gasteiger partial charge on any atom is 0.506 e. The lowest BCUT2D eigenvalue weighted by Gasteiger charge is -2.28. The third-order valence-corrected chi connectivity index (χ3v) is 7.90. The Balaban J connectivity index is 1.48. The van der Waals surface area contributed by atoms with Gasteiger partial charge in [-0.3, -0.25) is 9.69 Å². The Hall–Kier alpha value is -4.24. The number of anilines is 1. The van der Waals surface area contributed by atoms with E-state index >= 15 is 0 Å². The summed E-state index contributed by atoms with van der Waals surface area (Å²) >= 11 is 0. The highest BCUT2D eigenvalue weighted by Crippen LogP contribution is 2.45. The molecule has 3 atom stereocenters. The molecule has 9 heteroatoms. The van der Waals surface area contributed by atoms with Crippen molar-refractivity contribution in [1.29, 1.82) is 0 Å². The molecular weight excluding hydrogens is 536 g/mol. The molecule has 1 fully saturated rings. The van der Waals surface area contributed by atoms with Gasteiger partial charge in [-0.2, -0.15) is 0 Å². The summed E-state index contributed by atoms with van der Waals surface area (Å²) in [6.45, 7) is 7.38. The molecule has 0 spiro atoms. The van der Waals surface area contributed by atoms with E-state index in [1.54, 1.807) is 0 Å². The first-order valence-electron chi connectivity index (χ1n) is 14.6. The third kappa shape index (κ3) is 6.31. The Labute approximate surface area is 246 Å². The molecule has 42 heavy (non-hydrogen) atoms. The summed E-state index contributed by atoms with van der Waals surface area (Å²) in [4.78, 5) is 27.6. The average Bonchev–Trinajstić information content (AvgIpc) is 3.60. The van der Waals surface area contributed by atoms with Gasteiger partial charge in [0, 0.05) is 18.2 Å². The van der Waals surface area contributed by atoms with Gasteiger partial charge in [0.25, 0.3) is 0 Å². The Morgan fingerprint density at radius 1 is 0.952 bits per heavy atom. The summed E-state index contributed by atoms with van der Waals surface area (Å²) in [5, 5.41) is 13.0. The van der Waals surface area contributed by atoms with Crippen LogP contribution in [-0.4, -0.2) is 54.7 Å². The highest BCUT2D eigenvalue weighted by atomic mass is 16.7. The first-order chi connectivity index (χ1) is 20.4. The smallest absolute Gasteiger partial charge is 0.494 e. The van der Waals surface area contributed by atoms with Crippen LogP contribution >= 0.6 is 0 Å². The lowest BCUT2D eigenvalue weighted by Crippen LogP contribution is -2.36. The quantitative estimate of drug-likeness (QED) is 0.262. The van der Waals surface area contributed by atoms with E-state index in [1.165, 1.54) is 0 Å². The minimum absolute atomic E-state index is 0.0560. The van der Waals surface area contributed by atoms with Crippen molar-refractivity contribution >= 4 is 17.7 Å². The Morgan fingerprint density at radius 2 is 1.64 bits per heavy atom. The molecule has 2 aliphatic rings. The van der Waals surface area contributed by atoms with Crippen LogP contribution < -0.4 is 19.5 Å². The van der Waals surface area contributed by atoms with Gasteiger partial charge in [0.15, 0.2) is 11.5 Å². The summed E-state index contributed by atoms with van der Waals surface area (Å²) in [7, 11) is 0. The molecule has 3 aromatic carbocycles. The van der Waals surface area contributed by atoms with Crippen molar-refractivity contribution in [1.82, 2.24) is 4.90 Å². The van der Waals surface area contributed by atoms with Crippen LogP contribution in [0.5, 0.6) is 17.2 Å². The van der Waals surface area contributed by atoms with Crippen LogP contribution in [0.3, 0.4) is 0 Å². The number of rotatable bonds is 11. The number of likely N-dealkylation sites (tertiary alicyclic amines) is 1. The van der Waals surface area contributed by atoms with Crippen LogP contribution in [0.15, 0.2) is 60.7 Å². The van der Waals surface area contributed by atoms with Crippen molar-refractivity contribution in [2.45, 2.75) is 58.1 Å². The highest BCUT2D eigenvalue weighted by molar-refractivity contribution is 5.94. The molecule has 2 heterocycles. The van der Waals surface area contributed by atoms with Crippen LogP contribution in [0.4, 0.5) is 10.5 Å². The van der Waals surface area contributed by atoms with E-state index in [1.807, 2.05) is 72.5 Å². The molecule has 222 valence electrons. The molecule has 2 N–H and O–H groups in total. The molecule has 5 rings (SSSR count). The third-order valence-electron chi connectivity index (χ3n) is 7.90. The molecule has 3 aromatic rings. The van der Waals surface area contributed by atoms with E-state index in [0.29, 0.717) is 24.7 Å². The number of para-hydroxylation sites is 1. The minimum Gasteiger partial charge on any atom is -0.494 e. The summed E-state index contributed by atoms with van der Waals surface area (Å²) < 4.78 is 22.5. The second-order valence-corrected chi connectivity index (χ2v) is 10.6. The summed E-state index contributed by atoms with van der Waals surface area (Å²) in [5.74, 6) is 1.46. The second-order valence-electron chi connectivity index (χ2n) is 10.6. The number of amides is 1. The fourth-order valence-electron chi connectivity index (χ4n) is 5.91. The van der Waals surface area contributed by atoms with Crippen LogP contribution in [0.25, 0.3) is 0 Å². The number of carboxylic acid groups (broad SMARTS) is 1. The number of carbonyl (C=O) groups is 2. The molecule has 0 aromatic heterocycles. The number of nitrogens with one attached hydrogen (secondary N) is 1. The lowest BCUT2D eigenvalue weighted by molar-refractivity contribution is -0.117. The number of nitrogens with zero attached hydrogens (tertiary/aromatic N) is 1. The van der Waals surface area contributed by atoms with Crippen LogP contribution in [0, 0.1) is 0 Å². The predicted molar refractivity (Wildman–Crippen MR) is 159 cm³/mol. The molecule has 2 aliphatic heterocycles. The molecule has 0 aliphatic carbocycles. The molecule has 0 bridgehead atoms. The van der Waals surface area contributed by atoms with Gasteiger partial charge in [-0.25, -0.2) is 4.79 Å². The van der Waals surface area contributed by atoms with Crippen molar-refractivity contribution in [3.63, 3.8) is 0 Å². The minimum atomic E-state index is -1.37. The number of carbonyl (C=O) groups excluding carboxylic acids is 1. The number of ether oxygens (including phenoxy) is 4. The second kappa shape index (κ2) is 13.2. The molecule has 9 nitrogen and oxygen atoms in total. The number of aryl methyl sites for hydroxylation is 2. The first kappa shape index (κ1) is 29.3. The topological polar surface area (TPSA) is 107 Å². The maximum atomic E-state index is 13.6. The van der Waals surface area contributed by atoms with Crippen molar-refractivity contribution in [2.24, 2.45) is 0 Å². The molecule has 1 saturated heterocycles. The largest absolute Gasteiger partial charge is 0.506 e. The molecular formula is C33H38N2O7. The monoisotopic (exact) mass is 574 g/mol. The Morgan fingerprint density at radius 3 is 2.31 bits per heavy atom. The summed E-state index contributed by atoms with van der Waals surface area (Å²) in [6.07, 6.45) is 0.341. The van der Waals surface area contributed by atoms with Gasteiger partial charge in [-0.15, -0.1) is 0 Å². The standard InChI is InChI=1S/C33H38N2O7/c1-4-16-39-25-13-10-23(11-14-25)31-32(42-33(37)38)26(24-12-15-27-28(17-24)41-20-40-27)18-35(31)19-29(36)34-30-21(5-2)8-7-9-22(30)6-3/h7-15,17,26,31-32H,4-6,16,18-20H2,1-3H3,(H,34,36)(H,37,38)/t26-,31-,32+/m1/s1. The van der Waals surface area contributed by atoms with Crippen molar-refractivity contribution in [2.75, 3.05) is 31.8 Å². The van der Waals surface area contributed by atoms with E-state index in [0.717, 1.165) is 53.0 Å². The molecule has 1 amide bonds. The summed E-state index contributed by atoms with van der Waals surface area (Å²) in [6, 6.07) is 18.8. The number of fused-ring (bicyclic) bond motifs is 1. The van der Waals surface area contributed by atoms with Gasteiger partial charge in [0.2, 0.25) is 12.7 Å². The highest BCUT2D eigenvalue weighted by Gasteiger charge is 2.46. The van der Waals surface area contributed by atoms with Crippen molar-refractivity contribution in [3.05, 3.63) is 82.9 Å². The fraction of sp³-hybridized carbons (Fsp3) is 0.394. The maximum absolute atomic E-state index is 13.6. The zero-order chi connectivity index (χ0) is 29.6. The number of benzene rings is 3. The lowest BCUT2D eigenvalue weighted by atomic mass is 9.90. The Kier molecular flexibility index (Phi) is 9.17. The normalized spacial score (nSPS) is 19.5. The van der Waals surface area contributed by atoms with Crippen molar-refractivity contribution < 1.29 is 33.6 Å². The van der Waals surface area contributed by atoms with Gasteiger partial charge in [0.1, 0.15) is 11.9 Å². The van der Waals surface area contributed by atoms with E-state index in [4.69, 9.17) is 18.9 Å². The number of hydrogen-bond acceptors (Lipinski definition) is 7. The van der Waals surface area contributed by atoms with E-state index in [2.05, 4.69) is 19.2 Å². The Bertz CT molecular complexity index is 1390. The van der Waals surface area contributed by atoms with E-state index in [9.17, 15) is 14.7 Å². The summed E-state index contributed by atoms with van der Waals surface area (Å²) in [5.41, 5.74) is 4.70. The molecule has 0 saturated carbocycles. The molecule has 0 radical (unpaired) electrons. The van der Waals surface area contributed by atoms with Gasteiger partial charge in [-0.05, 0) is 65.8 Å². The number of hydrogen-bond donors (Lipinski definition) is 2. The van der Waals surface area contributed by atoms with Gasteiger partial charge in [0.05, 0.1) is 19.2 Å². The zero-order valence-corrected chi connectivity index (χ0v) is 24.3. The first-order valence-corrected chi connectivity index (χ1v) is 14.6. The van der Waals surface area contributed by atoms with Crippen LogP contribution in [0.2, 0.25) is 0 Å². The van der Waals surface area contributed by atoms with Gasteiger partial charge < -0.3 is 29.4 Å². The van der Waals surface area contributed by atoms with E-state index in [-0.39, 0.29) is 25.2 Å². The molecule has 0 unspecified atom stereocenters. The van der Waals surface area contributed by atoms with Crippen molar-refractivity contribution in [3.8, 4) is 17.2 Å². The van der Waals surface area contributed by atoms with Gasteiger partial charge in [-0.1, -0.05) is 57.2 Å². The average molecular weight is 575 g/mol. The van der Waals surface area contributed by atoms with Gasteiger partial charge >= 0.3 is 6.16 Å². The van der Waals surface area contributed by atoms with E-state index < -0.39 is 18.3 Å².